The van der Waals surface area contributed by atoms with Gasteiger partial charge in [0.25, 0.3) is 0 Å². The average Bonchev–Trinajstić information content (AvgIpc) is 3.14. The molecule has 0 aromatic carbocycles. The van der Waals surface area contributed by atoms with Crippen molar-refractivity contribution >= 4 is 17.4 Å². The number of rotatable bonds is 2. The Balaban J connectivity index is 1.67. The molecule has 5 heteroatoms. The molecule has 1 aromatic heterocycles. The summed E-state index contributed by atoms with van der Waals surface area (Å²) in [4.78, 5) is 13.2. The zero-order valence-electron chi connectivity index (χ0n) is 9.14. The summed E-state index contributed by atoms with van der Waals surface area (Å²) in [5, 5.41) is 0.516. The Morgan fingerprint density at radius 2 is 1.75 bits per heavy atom. The molecule has 2 heterocycles. The summed E-state index contributed by atoms with van der Waals surface area (Å²) < 4.78 is 0. The van der Waals surface area contributed by atoms with Crippen LogP contribution < -0.4 is 4.90 Å². The van der Waals surface area contributed by atoms with Gasteiger partial charge in [-0.3, -0.25) is 4.90 Å². The molecule has 0 atom stereocenters. The highest BCUT2D eigenvalue weighted by atomic mass is 35.5. The second-order valence-corrected chi connectivity index (χ2v) is 4.78. The van der Waals surface area contributed by atoms with Crippen LogP contribution in [0.15, 0.2) is 12.4 Å². The van der Waals surface area contributed by atoms with Crippen LogP contribution in [0, 0.1) is 0 Å². The van der Waals surface area contributed by atoms with Crippen LogP contribution in [0.25, 0.3) is 0 Å². The highest BCUT2D eigenvalue weighted by Gasteiger charge is 2.31. The van der Waals surface area contributed by atoms with Gasteiger partial charge in [-0.05, 0) is 12.8 Å². The fourth-order valence-electron chi connectivity index (χ4n) is 2.26. The lowest BCUT2D eigenvalue weighted by molar-refractivity contribution is 0.247. The molecule has 1 saturated carbocycles. The second kappa shape index (κ2) is 4.18. The lowest BCUT2D eigenvalue weighted by Crippen LogP contribution is -2.47. The van der Waals surface area contributed by atoms with Crippen molar-refractivity contribution in [3.8, 4) is 0 Å². The molecule has 2 aliphatic rings. The molecule has 0 amide bonds. The fourth-order valence-corrected chi connectivity index (χ4v) is 2.49. The molecular weight excluding hydrogens is 224 g/mol. The Morgan fingerprint density at radius 3 is 2.38 bits per heavy atom. The summed E-state index contributed by atoms with van der Waals surface area (Å²) in [6, 6.07) is 0.861. The van der Waals surface area contributed by atoms with Gasteiger partial charge in [0.1, 0.15) is 0 Å². The maximum Gasteiger partial charge on any atom is 0.171 e. The summed E-state index contributed by atoms with van der Waals surface area (Å²) >= 11 is 6.04. The predicted molar refractivity (Wildman–Crippen MR) is 63.9 cm³/mol. The van der Waals surface area contributed by atoms with Gasteiger partial charge in [0.05, 0.1) is 0 Å². The Morgan fingerprint density at radius 1 is 1.06 bits per heavy atom. The predicted octanol–water partition coefficient (Wildman–Crippen LogP) is 1.41. The smallest absolute Gasteiger partial charge is 0.171 e. The molecule has 1 aliphatic heterocycles. The van der Waals surface area contributed by atoms with E-state index in [0.717, 1.165) is 38.0 Å². The quantitative estimate of drug-likeness (QED) is 0.780. The van der Waals surface area contributed by atoms with Crippen LogP contribution >= 0.6 is 11.6 Å². The van der Waals surface area contributed by atoms with Gasteiger partial charge in [-0.25, -0.2) is 9.97 Å². The van der Waals surface area contributed by atoms with E-state index in [2.05, 4.69) is 19.8 Å². The Labute approximate surface area is 100 Å². The molecule has 1 aromatic rings. The van der Waals surface area contributed by atoms with E-state index in [1.54, 1.807) is 12.4 Å². The lowest BCUT2D eigenvalue weighted by Gasteiger charge is -2.35. The summed E-state index contributed by atoms with van der Waals surface area (Å²) in [7, 11) is 0. The van der Waals surface area contributed by atoms with Crippen molar-refractivity contribution in [3.05, 3.63) is 17.5 Å². The van der Waals surface area contributed by atoms with E-state index in [1.165, 1.54) is 12.8 Å². The van der Waals surface area contributed by atoms with Crippen molar-refractivity contribution in [1.29, 1.82) is 0 Å². The zero-order valence-corrected chi connectivity index (χ0v) is 9.90. The van der Waals surface area contributed by atoms with Crippen molar-refractivity contribution in [3.63, 3.8) is 0 Å². The van der Waals surface area contributed by atoms with Crippen LogP contribution in [0.1, 0.15) is 12.8 Å². The molecule has 1 saturated heterocycles. The van der Waals surface area contributed by atoms with Crippen LogP contribution in [0.5, 0.6) is 0 Å². The number of nitrogens with zero attached hydrogens (tertiary/aromatic N) is 4. The number of hydrogen-bond acceptors (Lipinski definition) is 4. The molecule has 0 N–H and O–H groups in total. The minimum Gasteiger partial charge on any atom is -0.351 e. The normalized spacial score (nSPS) is 22.4. The maximum absolute atomic E-state index is 6.04. The van der Waals surface area contributed by atoms with Crippen molar-refractivity contribution in [2.24, 2.45) is 0 Å². The Bertz CT molecular complexity index is 372. The third kappa shape index (κ3) is 1.99. The van der Waals surface area contributed by atoms with Gasteiger partial charge in [-0.1, -0.05) is 11.6 Å². The lowest BCUT2D eigenvalue weighted by atomic mass is 10.3. The number of anilines is 1. The largest absolute Gasteiger partial charge is 0.351 e. The van der Waals surface area contributed by atoms with Gasteiger partial charge in [0.2, 0.25) is 0 Å². The third-order valence-corrected chi connectivity index (χ3v) is 3.58. The van der Waals surface area contributed by atoms with Crippen LogP contribution in [-0.2, 0) is 0 Å². The standard InChI is InChI=1S/C11H15ClN4/c12-10-11(14-4-3-13-10)16-7-5-15(6-8-16)9-1-2-9/h3-4,9H,1-2,5-8H2. The van der Waals surface area contributed by atoms with E-state index in [9.17, 15) is 0 Å². The molecule has 16 heavy (non-hydrogen) atoms. The van der Waals surface area contributed by atoms with Crippen LogP contribution in [0.3, 0.4) is 0 Å². The van der Waals surface area contributed by atoms with Crippen LogP contribution in [-0.4, -0.2) is 47.1 Å². The van der Waals surface area contributed by atoms with Gasteiger partial charge < -0.3 is 4.90 Å². The molecule has 0 spiro atoms. The van der Waals surface area contributed by atoms with E-state index < -0.39 is 0 Å². The first-order valence-corrected chi connectivity index (χ1v) is 6.18. The van der Waals surface area contributed by atoms with Gasteiger partial charge in [-0.2, -0.15) is 0 Å². The third-order valence-electron chi connectivity index (χ3n) is 3.31. The summed E-state index contributed by atoms with van der Waals surface area (Å²) in [6.45, 7) is 4.26. The van der Waals surface area contributed by atoms with Crippen molar-refractivity contribution in [1.82, 2.24) is 14.9 Å². The zero-order chi connectivity index (χ0) is 11.0. The monoisotopic (exact) mass is 238 g/mol. The van der Waals surface area contributed by atoms with Gasteiger partial charge in [-0.15, -0.1) is 0 Å². The molecule has 4 nitrogen and oxygen atoms in total. The van der Waals surface area contributed by atoms with Crippen molar-refractivity contribution < 1.29 is 0 Å². The van der Waals surface area contributed by atoms with Gasteiger partial charge >= 0.3 is 0 Å². The number of piperazine rings is 1. The molecule has 0 radical (unpaired) electrons. The first-order chi connectivity index (χ1) is 7.84. The highest BCUT2D eigenvalue weighted by molar-refractivity contribution is 6.31. The minimum atomic E-state index is 0.516. The minimum absolute atomic E-state index is 0.516. The SMILES string of the molecule is Clc1nccnc1N1CCN(C2CC2)CC1. The molecular formula is C11H15ClN4. The topological polar surface area (TPSA) is 32.3 Å². The Hall–Kier alpha value is -0.870. The molecule has 3 rings (SSSR count). The van der Waals surface area contributed by atoms with Crippen LogP contribution in [0.2, 0.25) is 5.15 Å². The number of halogens is 1. The van der Waals surface area contributed by atoms with E-state index in [-0.39, 0.29) is 0 Å². The van der Waals surface area contributed by atoms with E-state index in [4.69, 9.17) is 11.6 Å². The summed E-state index contributed by atoms with van der Waals surface area (Å²) in [5.74, 6) is 0.833. The molecule has 2 fully saturated rings. The number of aromatic nitrogens is 2. The van der Waals surface area contributed by atoms with E-state index in [0.29, 0.717) is 5.15 Å². The van der Waals surface area contributed by atoms with Crippen molar-refractivity contribution in [2.75, 3.05) is 31.1 Å². The fraction of sp³-hybridized carbons (Fsp3) is 0.636. The van der Waals surface area contributed by atoms with E-state index in [1.807, 2.05) is 0 Å². The molecule has 0 unspecified atom stereocenters. The van der Waals surface area contributed by atoms with Gasteiger partial charge in [0, 0.05) is 44.6 Å². The first-order valence-electron chi connectivity index (χ1n) is 5.80. The molecule has 1 aliphatic carbocycles. The second-order valence-electron chi connectivity index (χ2n) is 4.42. The van der Waals surface area contributed by atoms with Crippen molar-refractivity contribution in [2.45, 2.75) is 18.9 Å². The van der Waals surface area contributed by atoms with Crippen LogP contribution in [0.4, 0.5) is 5.82 Å². The Kier molecular flexibility index (Phi) is 2.69. The first kappa shape index (κ1) is 10.3. The number of hydrogen-bond donors (Lipinski definition) is 0. The average molecular weight is 239 g/mol. The van der Waals surface area contributed by atoms with Gasteiger partial charge in [0.15, 0.2) is 11.0 Å². The summed E-state index contributed by atoms with van der Waals surface area (Å²) in [6.07, 6.45) is 6.10. The molecule has 86 valence electrons. The highest BCUT2D eigenvalue weighted by Crippen LogP contribution is 2.29. The van der Waals surface area contributed by atoms with E-state index >= 15 is 0 Å². The maximum atomic E-state index is 6.04. The molecule has 0 bridgehead atoms. The summed E-state index contributed by atoms with van der Waals surface area (Å²) in [5.41, 5.74) is 0.